The van der Waals surface area contributed by atoms with Crippen LogP contribution < -0.4 is 10.5 Å². The second-order valence-corrected chi connectivity index (χ2v) is 3.91. The fourth-order valence-corrected chi connectivity index (χ4v) is 1.75. The number of aromatic hydroxyl groups is 1. The van der Waals surface area contributed by atoms with E-state index in [1.807, 2.05) is 24.3 Å². The number of ether oxygens (including phenoxy) is 1. The molecule has 0 radical (unpaired) electrons. The maximum absolute atomic E-state index is 9.44. The van der Waals surface area contributed by atoms with E-state index in [2.05, 4.69) is 0 Å². The summed E-state index contributed by atoms with van der Waals surface area (Å²) in [6.07, 6.45) is 0.678. The lowest BCUT2D eigenvalue weighted by Gasteiger charge is -2.07. The second-order valence-electron chi connectivity index (χ2n) is 3.91. The number of hydrogen-bond donors (Lipinski definition) is 2. The zero-order chi connectivity index (χ0) is 12.3. The van der Waals surface area contributed by atoms with Crippen molar-refractivity contribution in [2.24, 2.45) is 0 Å². The normalized spacial score (nSPS) is 10.2. The molecule has 0 saturated heterocycles. The maximum atomic E-state index is 9.44. The van der Waals surface area contributed by atoms with E-state index in [1.54, 1.807) is 25.3 Å². The Bertz CT molecular complexity index is 523. The smallest absolute Gasteiger partial charge is 0.119 e. The van der Waals surface area contributed by atoms with E-state index < -0.39 is 0 Å². The SMILES string of the molecule is COc1cccc(Cc2cc(O)ccc2N)c1. The molecule has 2 aromatic carbocycles. The van der Waals surface area contributed by atoms with Crippen molar-refractivity contribution in [1.29, 1.82) is 0 Å². The second kappa shape index (κ2) is 4.78. The molecule has 2 aromatic rings. The van der Waals surface area contributed by atoms with Gasteiger partial charge in [0, 0.05) is 5.69 Å². The van der Waals surface area contributed by atoms with Crippen LogP contribution in [0.4, 0.5) is 5.69 Å². The van der Waals surface area contributed by atoms with Gasteiger partial charge in [-0.3, -0.25) is 0 Å². The van der Waals surface area contributed by atoms with Gasteiger partial charge in [0.05, 0.1) is 7.11 Å². The Morgan fingerprint density at radius 2 is 2.00 bits per heavy atom. The molecule has 88 valence electrons. The van der Waals surface area contributed by atoms with Crippen LogP contribution in [0.3, 0.4) is 0 Å². The Morgan fingerprint density at radius 1 is 1.18 bits per heavy atom. The van der Waals surface area contributed by atoms with Crippen LogP contribution in [0.1, 0.15) is 11.1 Å². The molecule has 3 N–H and O–H groups in total. The molecule has 0 saturated carbocycles. The highest BCUT2D eigenvalue weighted by Gasteiger charge is 2.03. The number of methoxy groups -OCH3 is 1. The first-order valence-electron chi connectivity index (χ1n) is 5.39. The van der Waals surface area contributed by atoms with Crippen LogP contribution in [0.25, 0.3) is 0 Å². The van der Waals surface area contributed by atoms with Crippen LogP contribution >= 0.6 is 0 Å². The molecule has 2 rings (SSSR count). The van der Waals surface area contributed by atoms with Gasteiger partial charge in [0.2, 0.25) is 0 Å². The lowest BCUT2D eigenvalue weighted by Crippen LogP contribution is -1.95. The largest absolute Gasteiger partial charge is 0.508 e. The molecule has 3 heteroatoms. The summed E-state index contributed by atoms with van der Waals surface area (Å²) < 4.78 is 5.17. The Kier molecular flexibility index (Phi) is 3.19. The minimum absolute atomic E-state index is 0.233. The molecule has 0 aliphatic rings. The standard InChI is InChI=1S/C14H15NO2/c1-17-13-4-2-3-10(8-13)7-11-9-12(16)5-6-14(11)15/h2-6,8-9,16H,7,15H2,1H3. The average molecular weight is 229 g/mol. The molecule has 0 aliphatic carbocycles. The first-order valence-corrected chi connectivity index (χ1v) is 5.39. The van der Waals surface area contributed by atoms with Crippen molar-refractivity contribution in [2.45, 2.75) is 6.42 Å². The number of phenolic OH excluding ortho intramolecular Hbond substituents is 1. The van der Waals surface area contributed by atoms with Crippen LogP contribution in [0.15, 0.2) is 42.5 Å². The maximum Gasteiger partial charge on any atom is 0.119 e. The van der Waals surface area contributed by atoms with Crippen molar-refractivity contribution >= 4 is 5.69 Å². The number of rotatable bonds is 3. The third-order valence-electron chi connectivity index (χ3n) is 2.66. The third kappa shape index (κ3) is 2.69. The van der Waals surface area contributed by atoms with Crippen molar-refractivity contribution in [1.82, 2.24) is 0 Å². The van der Waals surface area contributed by atoms with Crippen molar-refractivity contribution in [3.63, 3.8) is 0 Å². The van der Waals surface area contributed by atoms with Crippen molar-refractivity contribution < 1.29 is 9.84 Å². The first-order chi connectivity index (χ1) is 8.19. The van der Waals surface area contributed by atoms with E-state index in [4.69, 9.17) is 10.5 Å². The zero-order valence-corrected chi connectivity index (χ0v) is 9.68. The van der Waals surface area contributed by atoms with Crippen LogP contribution in [0.5, 0.6) is 11.5 Å². The molecule has 0 amide bonds. The van der Waals surface area contributed by atoms with E-state index in [0.29, 0.717) is 12.1 Å². The quantitative estimate of drug-likeness (QED) is 0.628. The molecule has 0 spiro atoms. The first kappa shape index (κ1) is 11.3. The molecule has 17 heavy (non-hydrogen) atoms. The average Bonchev–Trinajstić information content (AvgIpc) is 2.34. The Balaban J connectivity index is 2.27. The Hall–Kier alpha value is -2.16. The van der Waals surface area contributed by atoms with Crippen LogP contribution in [-0.4, -0.2) is 12.2 Å². The topological polar surface area (TPSA) is 55.5 Å². The van der Waals surface area contributed by atoms with Gasteiger partial charge < -0.3 is 15.6 Å². The number of phenols is 1. The van der Waals surface area contributed by atoms with E-state index in [0.717, 1.165) is 16.9 Å². The molecule has 0 heterocycles. The van der Waals surface area contributed by atoms with Gasteiger partial charge in [0.25, 0.3) is 0 Å². The summed E-state index contributed by atoms with van der Waals surface area (Å²) >= 11 is 0. The van der Waals surface area contributed by atoms with Gasteiger partial charge in [-0.1, -0.05) is 12.1 Å². The summed E-state index contributed by atoms with van der Waals surface area (Å²) in [6, 6.07) is 12.8. The van der Waals surface area contributed by atoms with E-state index in [-0.39, 0.29) is 5.75 Å². The van der Waals surface area contributed by atoms with E-state index in [9.17, 15) is 5.11 Å². The lowest BCUT2D eigenvalue weighted by molar-refractivity contribution is 0.414. The van der Waals surface area contributed by atoms with Crippen LogP contribution in [0.2, 0.25) is 0 Å². The van der Waals surface area contributed by atoms with Gasteiger partial charge in [-0.15, -0.1) is 0 Å². The van der Waals surface area contributed by atoms with Gasteiger partial charge in [-0.2, -0.15) is 0 Å². The molecule has 0 fully saturated rings. The molecule has 0 atom stereocenters. The highest BCUT2D eigenvalue weighted by Crippen LogP contribution is 2.23. The third-order valence-corrected chi connectivity index (χ3v) is 2.66. The predicted molar refractivity (Wildman–Crippen MR) is 68.3 cm³/mol. The molecule has 0 aliphatic heterocycles. The number of nitrogens with two attached hydrogens (primary N) is 1. The van der Waals surface area contributed by atoms with Crippen LogP contribution in [0, 0.1) is 0 Å². The number of nitrogen functional groups attached to an aromatic ring is 1. The van der Waals surface area contributed by atoms with Crippen molar-refractivity contribution in [2.75, 3.05) is 12.8 Å². The molecular weight excluding hydrogens is 214 g/mol. The summed E-state index contributed by atoms with van der Waals surface area (Å²) in [5, 5.41) is 9.44. The summed E-state index contributed by atoms with van der Waals surface area (Å²) in [5.74, 6) is 1.05. The monoisotopic (exact) mass is 229 g/mol. The minimum Gasteiger partial charge on any atom is -0.508 e. The lowest BCUT2D eigenvalue weighted by atomic mass is 10.0. The summed E-state index contributed by atoms with van der Waals surface area (Å²) in [7, 11) is 1.64. The Morgan fingerprint density at radius 3 is 2.76 bits per heavy atom. The van der Waals surface area contributed by atoms with Gasteiger partial charge >= 0.3 is 0 Å². The van der Waals surface area contributed by atoms with E-state index in [1.165, 1.54) is 0 Å². The molecule has 3 nitrogen and oxygen atoms in total. The van der Waals surface area contributed by atoms with Gasteiger partial charge in [0.1, 0.15) is 11.5 Å². The summed E-state index contributed by atoms with van der Waals surface area (Å²) in [4.78, 5) is 0. The van der Waals surface area contributed by atoms with Crippen molar-refractivity contribution in [3.05, 3.63) is 53.6 Å². The predicted octanol–water partition coefficient (Wildman–Crippen LogP) is 2.57. The highest BCUT2D eigenvalue weighted by molar-refractivity contribution is 5.52. The number of benzene rings is 2. The minimum atomic E-state index is 0.233. The zero-order valence-electron chi connectivity index (χ0n) is 9.68. The van der Waals surface area contributed by atoms with Gasteiger partial charge in [-0.05, 0) is 47.9 Å². The van der Waals surface area contributed by atoms with Gasteiger partial charge in [-0.25, -0.2) is 0 Å². The number of hydrogen-bond acceptors (Lipinski definition) is 3. The van der Waals surface area contributed by atoms with E-state index >= 15 is 0 Å². The molecule has 0 bridgehead atoms. The number of anilines is 1. The van der Waals surface area contributed by atoms with Gasteiger partial charge in [0.15, 0.2) is 0 Å². The summed E-state index contributed by atoms with van der Waals surface area (Å²) in [6.45, 7) is 0. The fraction of sp³-hybridized carbons (Fsp3) is 0.143. The Labute approximate surface area is 100 Å². The highest BCUT2D eigenvalue weighted by atomic mass is 16.5. The van der Waals surface area contributed by atoms with Crippen LogP contribution in [-0.2, 0) is 6.42 Å². The molecular formula is C14H15NO2. The molecule has 0 unspecified atom stereocenters. The summed E-state index contributed by atoms with van der Waals surface area (Å²) in [5.41, 5.74) is 8.57. The van der Waals surface area contributed by atoms with Crippen molar-refractivity contribution in [3.8, 4) is 11.5 Å². The molecule has 0 aromatic heterocycles. The fourth-order valence-electron chi connectivity index (χ4n) is 1.75.